The predicted molar refractivity (Wildman–Crippen MR) is 53.5 cm³/mol. The molecule has 84 valence electrons. The molecular formula is C11H17NO3. The lowest BCUT2D eigenvalue weighted by Crippen LogP contribution is -2.61. The quantitative estimate of drug-likeness (QED) is 0.610. The standard InChI is InChI=1S/C11H17NO3/c13-10(14)12-9-7-1-6-2-8(9)5-11(15,3-6)4-7/h6-9,12,15H,1-5H2,(H,13,14)/t6-,7-,8+,9+,11-. The Morgan fingerprint density at radius 1 is 1.20 bits per heavy atom. The molecule has 0 aromatic heterocycles. The fourth-order valence-electron chi connectivity index (χ4n) is 4.36. The van der Waals surface area contributed by atoms with Gasteiger partial charge in [-0.3, -0.25) is 0 Å². The summed E-state index contributed by atoms with van der Waals surface area (Å²) < 4.78 is 0. The summed E-state index contributed by atoms with van der Waals surface area (Å²) in [5.41, 5.74) is -0.465. The maximum Gasteiger partial charge on any atom is 0.404 e. The van der Waals surface area contributed by atoms with E-state index in [1.54, 1.807) is 0 Å². The summed E-state index contributed by atoms with van der Waals surface area (Å²) in [5, 5.41) is 21.7. The molecule has 4 fully saturated rings. The first-order valence-electron chi connectivity index (χ1n) is 5.78. The van der Waals surface area contributed by atoms with Crippen LogP contribution in [0.1, 0.15) is 32.1 Å². The van der Waals surface area contributed by atoms with Gasteiger partial charge in [-0.25, -0.2) is 4.79 Å². The van der Waals surface area contributed by atoms with Crippen molar-refractivity contribution in [2.24, 2.45) is 17.8 Å². The molecule has 4 saturated carbocycles. The third kappa shape index (κ3) is 1.42. The predicted octanol–water partition coefficient (Wildman–Crippen LogP) is 1.19. The minimum Gasteiger partial charge on any atom is -0.465 e. The lowest BCUT2D eigenvalue weighted by molar-refractivity contribution is -0.137. The molecule has 4 aliphatic rings. The van der Waals surface area contributed by atoms with Gasteiger partial charge < -0.3 is 15.5 Å². The van der Waals surface area contributed by atoms with E-state index in [4.69, 9.17) is 5.11 Å². The monoisotopic (exact) mass is 211 g/mol. The van der Waals surface area contributed by atoms with Gasteiger partial charge in [-0.15, -0.1) is 0 Å². The van der Waals surface area contributed by atoms with E-state index in [0.29, 0.717) is 17.8 Å². The summed E-state index contributed by atoms with van der Waals surface area (Å²) in [5.74, 6) is 1.38. The second kappa shape index (κ2) is 2.88. The zero-order valence-electron chi connectivity index (χ0n) is 8.65. The summed E-state index contributed by atoms with van der Waals surface area (Å²) >= 11 is 0. The Labute approximate surface area is 88.7 Å². The molecule has 5 atom stereocenters. The van der Waals surface area contributed by atoms with Gasteiger partial charge in [-0.1, -0.05) is 0 Å². The van der Waals surface area contributed by atoms with Crippen molar-refractivity contribution in [2.75, 3.05) is 0 Å². The summed E-state index contributed by atoms with van der Waals surface area (Å²) in [6.07, 6.45) is 3.82. The topological polar surface area (TPSA) is 69.6 Å². The first-order chi connectivity index (χ1) is 7.06. The number of carbonyl (C=O) groups is 1. The molecule has 0 aromatic carbocycles. The van der Waals surface area contributed by atoms with Gasteiger partial charge in [0.25, 0.3) is 0 Å². The molecule has 4 bridgehead atoms. The fraction of sp³-hybridized carbons (Fsp3) is 0.909. The van der Waals surface area contributed by atoms with Crippen molar-refractivity contribution >= 4 is 6.09 Å². The number of amides is 1. The number of rotatable bonds is 1. The molecular weight excluding hydrogens is 194 g/mol. The van der Waals surface area contributed by atoms with Crippen molar-refractivity contribution in [3.63, 3.8) is 0 Å². The maximum atomic E-state index is 10.7. The SMILES string of the molecule is O=C(O)N[C@H]1[C@@H]2C[C@@H]3C[C@H]1C[C@@](O)(C3)C2. The van der Waals surface area contributed by atoms with Crippen molar-refractivity contribution in [3.05, 3.63) is 0 Å². The van der Waals surface area contributed by atoms with Crippen LogP contribution in [0.3, 0.4) is 0 Å². The van der Waals surface area contributed by atoms with Gasteiger partial charge in [0.05, 0.1) is 5.60 Å². The van der Waals surface area contributed by atoms with Crippen molar-refractivity contribution in [3.8, 4) is 0 Å². The van der Waals surface area contributed by atoms with Crippen LogP contribution in [0, 0.1) is 17.8 Å². The van der Waals surface area contributed by atoms with E-state index in [-0.39, 0.29) is 6.04 Å². The molecule has 0 unspecified atom stereocenters. The minimum absolute atomic E-state index is 0.0966. The van der Waals surface area contributed by atoms with Gasteiger partial charge >= 0.3 is 6.09 Å². The average Bonchev–Trinajstić information content (AvgIpc) is 2.08. The molecule has 4 aliphatic carbocycles. The second-order valence-electron chi connectivity index (χ2n) is 5.67. The van der Waals surface area contributed by atoms with E-state index < -0.39 is 11.7 Å². The fourth-order valence-corrected chi connectivity index (χ4v) is 4.36. The van der Waals surface area contributed by atoms with Crippen molar-refractivity contribution in [1.82, 2.24) is 5.32 Å². The van der Waals surface area contributed by atoms with Crippen LogP contribution in [0.25, 0.3) is 0 Å². The molecule has 4 heteroatoms. The number of hydrogen-bond donors (Lipinski definition) is 3. The molecule has 4 nitrogen and oxygen atoms in total. The van der Waals surface area contributed by atoms with Crippen LogP contribution in [0.2, 0.25) is 0 Å². The van der Waals surface area contributed by atoms with Crippen LogP contribution in [0.5, 0.6) is 0 Å². The second-order valence-corrected chi connectivity index (χ2v) is 5.67. The van der Waals surface area contributed by atoms with Crippen LogP contribution in [0.15, 0.2) is 0 Å². The highest BCUT2D eigenvalue weighted by Gasteiger charge is 2.54. The van der Waals surface area contributed by atoms with Crippen molar-refractivity contribution < 1.29 is 15.0 Å². The largest absolute Gasteiger partial charge is 0.465 e. The summed E-state index contributed by atoms with van der Waals surface area (Å²) in [7, 11) is 0. The number of hydrogen-bond acceptors (Lipinski definition) is 2. The van der Waals surface area contributed by atoms with Gasteiger partial charge in [-0.05, 0) is 49.9 Å². The molecule has 0 radical (unpaired) electrons. The maximum absolute atomic E-state index is 10.7. The van der Waals surface area contributed by atoms with E-state index in [1.807, 2.05) is 0 Å². The first kappa shape index (κ1) is 9.46. The Morgan fingerprint density at radius 2 is 1.80 bits per heavy atom. The molecule has 1 amide bonds. The Morgan fingerprint density at radius 3 is 2.27 bits per heavy atom. The van der Waals surface area contributed by atoms with Crippen LogP contribution in [-0.4, -0.2) is 27.9 Å². The van der Waals surface area contributed by atoms with Gasteiger partial charge in [0, 0.05) is 6.04 Å². The Kier molecular flexibility index (Phi) is 1.81. The normalized spacial score (nSPS) is 51.8. The van der Waals surface area contributed by atoms with Gasteiger partial charge in [0.2, 0.25) is 0 Å². The van der Waals surface area contributed by atoms with E-state index in [0.717, 1.165) is 32.1 Å². The first-order valence-corrected chi connectivity index (χ1v) is 5.78. The van der Waals surface area contributed by atoms with E-state index in [2.05, 4.69) is 5.32 Å². The lowest BCUT2D eigenvalue weighted by Gasteiger charge is -2.57. The third-order valence-electron chi connectivity index (χ3n) is 4.53. The molecule has 0 aliphatic heterocycles. The highest BCUT2D eigenvalue weighted by molar-refractivity contribution is 5.65. The molecule has 0 aromatic rings. The highest BCUT2D eigenvalue weighted by atomic mass is 16.4. The van der Waals surface area contributed by atoms with Crippen LogP contribution >= 0.6 is 0 Å². The molecule has 4 rings (SSSR count). The molecule has 3 N–H and O–H groups in total. The Balaban J connectivity index is 1.82. The summed E-state index contributed by atoms with van der Waals surface area (Å²) in [6.45, 7) is 0. The zero-order valence-corrected chi connectivity index (χ0v) is 8.65. The number of carboxylic acid groups (broad SMARTS) is 1. The van der Waals surface area contributed by atoms with E-state index in [1.165, 1.54) is 0 Å². The summed E-state index contributed by atoms with van der Waals surface area (Å²) in [6, 6.07) is 0.0966. The smallest absolute Gasteiger partial charge is 0.404 e. The number of aliphatic hydroxyl groups is 1. The molecule has 15 heavy (non-hydrogen) atoms. The molecule has 0 spiro atoms. The van der Waals surface area contributed by atoms with Crippen LogP contribution < -0.4 is 5.32 Å². The Bertz CT molecular complexity index is 288. The van der Waals surface area contributed by atoms with E-state index in [9.17, 15) is 9.90 Å². The Hall–Kier alpha value is -0.770. The van der Waals surface area contributed by atoms with E-state index >= 15 is 0 Å². The van der Waals surface area contributed by atoms with Gasteiger partial charge in [0.1, 0.15) is 0 Å². The zero-order chi connectivity index (χ0) is 10.6. The lowest BCUT2D eigenvalue weighted by atomic mass is 9.52. The summed E-state index contributed by atoms with van der Waals surface area (Å²) in [4.78, 5) is 10.7. The highest BCUT2D eigenvalue weighted by Crippen LogP contribution is 2.55. The van der Waals surface area contributed by atoms with Gasteiger partial charge in [0.15, 0.2) is 0 Å². The van der Waals surface area contributed by atoms with Crippen LogP contribution in [0.4, 0.5) is 4.79 Å². The molecule has 0 saturated heterocycles. The van der Waals surface area contributed by atoms with Crippen LogP contribution in [-0.2, 0) is 0 Å². The minimum atomic E-state index is -0.917. The van der Waals surface area contributed by atoms with Crippen molar-refractivity contribution in [1.29, 1.82) is 0 Å². The average molecular weight is 211 g/mol. The number of nitrogens with one attached hydrogen (secondary N) is 1. The van der Waals surface area contributed by atoms with Crippen molar-refractivity contribution in [2.45, 2.75) is 43.7 Å². The molecule has 0 heterocycles. The third-order valence-corrected chi connectivity index (χ3v) is 4.53. The van der Waals surface area contributed by atoms with Gasteiger partial charge in [-0.2, -0.15) is 0 Å².